The Labute approximate surface area is 91.1 Å². The highest BCUT2D eigenvalue weighted by atomic mass is 79.9. The minimum absolute atomic E-state index is 0.206. The van der Waals surface area contributed by atoms with Crippen molar-refractivity contribution in [3.63, 3.8) is 0 Å². The molecule has 2 N–H and O–H groups in total. The topological polar surface area (TPSA) is 32.3 Å². The third kappa shape index (κ3) is 4.76. The highest BCUT2D eigenvalue weighted by Gasteiger charge is 1.98. The lowest BCUT2D eigenvalue weighted by molar-refractivity contribution is 0.183. The number of aliphatic hydroxyl groups is 1. The molecule has 1 aromatic rings. The maximum atomic E-state index is 9.01. The van der Waals surface area contributed by atoms with Gasteiger partial charge in [0, 0.05) is 11.4 Å². The van der Waals surface area contributed by atoms with Gasteiger partial charge in [0.15, 0.2) is 0 Å². The molecule has 13 heavy (non-hydrogen) atoms. The molecule has 1 rings (SSSR count). The Morgan fingerprint density at radius 1 is 1.62 bits per heavy atom. The van der Waals surface area contributed by atoms with Crippen molar-refractivity contribution in [1.82, 2.24) is 5.32 Å². The summed E-state index contributed by atoms with van der Waals surface area (Å²) in [4.78, 5) is 1.32. The van der Waals surface area contributed by atoms with E-state index < -0.39 is 0 Å². The molecule has 74 valence electrons. The van der Waals surface area contributed by atoms with Gasteiger partial charge in [-0.05, 0) is 48.0 Å². The van der Waals surface area contributed by atoms with Crippen LogP contribution in [-0.4, -0.2) is 17.8 Å². The Balaban J connectivity index is 2.13. The van der Waals surface area contributed by atoms with Crippen LogP contribution in [0.5, 0.6) is 0 Å². The van der Waals surface area contributed by atoms with Gasteiger partial charge in [-0.3, -0.25) is 0 Å². The smallest absolute Gasteiger partial charge is 0.0701 e. The van der Waals surface area contributed by atoms with Gasteiger partial charge in [0.25, 0.3) is 0 Å². The molecule has 0 saturated heterocycles. The molecule has 0 aliphatic rings. The van der Waals surface area contributed by atoms with E-state index in [1.807, 2.05) is 6.92 Å². The van der Waals surface area contributed by atoms with Crippen LogP contribution < -0.4 is 5.32 Å². The Hall–Kier alpha value is 0.1000. The monoisotopic (exact) mass is 263 g/mol. The summed E-state index contributed by atoms with van der Waals surface area (Å²) in [5, 5.41) is 12.3. The van der Waals surface area contributed by atoms with E-state index in [1.165, 1.54) is 8.66 Å². The van der Waals surface area contributed by atoms with E-state index in [2.05, 4.69) is 33.4 Å². The molecule has 0 aliphatic carbocycles. The van der Waals surface area contributed by atoms with E-state index >= 15 is 0 Å². The SMILES string of the molecule is C[C@H](O)CCNCc1ccc(Br)s1. The van der Waals surface area contributed by atoms with Crippen LogP contribution >= 0.6 is 27.3 Å². The summed E-state index contributed by atoms with van der Waals surface area (Å²) in [6.07, 6.45) is 0.606. The molecule has 0 saturated carbocycles. The molecule has 1 heterocycles. The van der Waals surface area contributed by atoms with Gasteiger partial charge in [-0.15, -0.1) is 11.3 Å². The Kier molecular flexibility index (Phi) is 4.94. The van der Waals surface area contributed by atoms with E-state index in [0.717, 1.165) is 19.5 Å². The summed E-state index contributed by atoms with van der Waals surface area (Å²) in [6.45, 7) is 3.57. The number of nitrogens with one attached hydrogen (secondary N) is 1. The van der Waals surface area contributed by atoms with Crippen molar-refractivity contribution in [3.05, 3.63) is 20.8 Å². The molecule has 1 aromatic heterocycles. The van der Waals surface area contributed by atoms with Gasteiger partial charge in [-0.1, -0.05) is 0 Å². The van der Waals surface area contributed by atoms with Crippen LogP contribution in [0, 0.1) is 0 Å². The second-order valence-corrected chi connectivity index (χ2v) is 5.57. The van der Waals surface area contributed by atoms with Gasteiger partial charge in [0.05, 0.1) is 9.89 Å². The average Bonchev–Trinajstić information content (AvgIpc) is 2.45. The van der Waals surface area contributed by atoms with E-state index in [9.17, 15) is 0 Å². The fraction of sp³-hybridized carbons (Fsp3) is 0.556. The summed E-state index contributed by atoms with van der Waals surface area (Å²) in [5.41, 5.74) is 0. The van der Waals surface area contributed by atoms with Crippen molar-refractivity contribution in [3.8, 4) is 0 Å². The molecule has 2 nitrogen and oxygen atoms in total. The number of hydrogen-bond donors (Lipinski definition) is 2. The number of aliphatic hydroxyl groups excluding tert-OH is 1. The van der Waals surface area contributed by atoms with Crippen molar-refractivity contribution in [2.24, 2.45) is 0 Å². The van der Waals surface area contributed by atoms with Gasteiger partial charge in [0.1, 0.15) is 0 Å². The van der Waals surface area contributed by atoms with Crippen molar-refractivity contribution in [2.45, 2.75) is 26.0 Å². The highest BCUT2D eigenvalue weighted by molar-refractivity contribution is 9.11. The van der Waals surface area contributed by atoms with E-state index in [4.69, 9.17) is 5.11 Å². The summed E-state index contributed by atoms with van der Waals surface area (Å²) in [5.74, 6) is 0. The van der Waals surface area contributed by atoms with Crippen molar-refractivity contribution < 1.29 is 5.11 Å². The lowest BCUT2D eigenvalue weighted by atomic mass is 10.3. The lowest BCUT2D eigenvalue weighted by Crippen LogP contribution is -2.17. The van der Waals surface area contributed by atoms with Crippen molar-refractivity contribution in [2.75, 3.05) is 6.54 Å². The molecule has 0 radical (unpaired) electrons. The van der Waals surface area contributed by atoms with Crippen LogP contribution in [-0.2, 0) is 6.54 Å². The Bertz CT molecular complexity index is 250. The molecule has 4 heteroatoms. The quantitative estimate of drug-likeness (QED) is 0.800. The standard InChI is InChI=1S/C9H14BrNOS/c1-7(12)4-5-11-6-8-2-3-9(10)13-8/h2-3,7,11-12H,4-6H2,1H3/t7-/m0/s1. The van der Waals surface area contributed by atoms with Crippen LogP contribution in [0.3, 0.4) is 0 Å². The third-order valence-corrected chi connectivity index (χ3v) is 3.29. The molecule has 0 aromatic carbocycles. The first-order valence-corrected chi connectivity index (χ1v) is 5.92. The largest absolute Gasteiger partial charge is 0.393 e. The van der Waals surface area contributed by atoms with E-state index in [-0.39, 0.29) is 6.10 Å². The second kappa shape index (κ2) is 5.75. The number of rotatable bonds is 5. The minimum Gasteiger partial charge on any atom is -0.393 e. The molecular formula is C9H14BrNOS. The van der Waals surface area contributed by atoms with Crippen LogP contribution in [0.2, 0.25) is 0 Å². The number of thiophene rings is 1. The van der Waals surface area contributed by atoms with Gasteiger partial charge in [0.2, 0.25) is 0 Å². The third-order valence-electron chi connectivity index (χ3n) is 1.67. The fourth-order valence-corrected chi connectivity index (χ4v) is 2.42. The maximum absolute atomic E-state index is 9.01. The first-order valence-electron chi connectivity index (χ1n) is 4.31. The number of halogens is 1. The minimum atomic E-state index is -0.206. The zero-order valence-corrected chi connectivity index (χ0v) is 9.99. The Morgan fingerprint density at radius 3 is 2.92 bits per heavy atom. The highest BCUT2D eigenvalue weighted by Crippen LogP contribution is 2.21. The van der Waals surface area contributed by atoms with E-state index in [0.29, 0.717) is 0 Å². The summed E-state index contributed by atoms with van der Waals surface area (Å²) < 4.78 is 1.17. The molecule has 0 spiro atoms. The predicted octanol–water partition coefficient (Wildman–Crippen LogP) is 2.37. The predicted molar refractivity (Wildman–Crippen MR) is 60.0 cm³/mol. The molecular weight excluding hydrogens is 250 g/mol. The lowest BCUT2D eigenvalue weighted by Gasteiger charge is -2.04. The van der Waals surface area contributed by atoms with Crippen LogP contribution in [0.4, 0.5) is 0 Å². The number of hydrogen-bond acceptors (Lipinski definition) is 3. The molecule has 1 atom stereocenters. The summed E-state index contributed by atoms with van der Waals surface area (Å²) in [7, 11) is 0. The average molecular weight is 264 g/mol. The summed E-state index contributed by atoms with van der Waals surface area (Å²) >= 11 is 5.15. The van der Waals surface area contributed by atoms with Gasteiger partial charge in [-0.25, -0.2) is 0 Å². The zero-order chi connectivity index (χ0) is 9.68. The second-order valence-electron chi connectivity index (χ2n) is 3.02. The van der Waals surface area contributed by atoms with Gasteiger partial charge < -0.3 is 10.4 Å². The van der Waals surface area contributed by atoms with Gasteiger partial charge >= 0.3 is 0 Å². The maximum Gasteiger partial charge on any atom is 0.0701 e. The molecule has 0 fully saturated rings. The summed E-state index contributed by atoms with van der Waals surface area (Å²) in [6, 6.07) is 4.15. The van der Waals surface area contributed by atoms with Crippen LogP contribution in [0.15, 0.2) is 15.9 Å². The molecule has 0 aliphatic heterocycles. The molecule has 0 bridgehead atoms. The van der Waals surface area contributed by atoms with Gasteiger partial charge in [-0.2, -0.15) is 0 Å². The first-order chi connectivity index (χ1) is 6.18. The fourth-order valence-electron chi connectivity index (χ4n) is 0.969. The van der Waals surface area contributed by atoms with Crippen molar-refractivity contribution >= 4 is 27.3 Å². The van der Waals surface area contributed by atoms with E-state index in [1.54, 1.807) is 11.3 Å². The normalized spacial score (nSPS) is 13.2. The first kappa shape index (κ1) is 11.2. The van der Waals surface area contributed by atoms with Crippen LogP contribution in [0.25, 0.3) is 0 Å². The Morgan fingerprint density at radius 2 is 2.38 bits per heavy atom. The van der Waals surface area contributed by atoms with Crippen LogP contribution in [0.1, 0.15) is 18.2 Å². The molecule has 0 amide bonds. The van der Waals surface area contributed by atoms with Crippen molar-refractivity contribution in [1.29, 1.82) is 0 Å². The molecule has 0 unspecified atom stereocenters. The zero-order valence-electron chi connectivity index (χ0n) is 7.59.